The minimum atomic E-state index is 0.156. The summed E-state index contributed by atoms with van der Waals surface area (Å²) in [5.41, 5.74) is 3.05. The van der Waals surface area contributed by atoms with Crippen molar-refractivity contribution in [2.75, 3.05) is 7.05 Å². The second kappa shape index (κ2) is 10.6. The summed E-state index contributed by atoms with van der Waals surface area (Å²) in [6.45, 7) is 0.589. The van der Waals surface area contributed by atoms with Gasteiger partial charge in [0.2, 0.25) is 5.91 Å². The van der Waals surface area contributed by atoms with Gasteiger partial charge in [-0.15, -0.1) is 11.3 Å². The number of halogens is 3. The Morgan fingerprint density at radius 3 is 2.22 bits per heavy atom. The minimum Gasteiger partial charge on any atom is -0.340 e. The van der Waals surface area contributed by atoms with Crippen LogP contribution in [0.2, 0.25) is 15.1 Å². The number of amides is 1. The standard InChI is InChI=1S/C26H26Cl3NOS/c1-30(26(31)18-6-4-2-3-5-7-18)16-21-15-23(22-13-12-20(28)14-24(22)29)25(32-21)17-8-10-19(27)11-9-17/h8-15,18H,2-7,16H2,1H3. The summed E-state index contributed by atoms with van der Waals surface area (Å²) < 4.78 is 0. The van der Waals surface area contributed by atoms with Crippen molar-refractivity contribution in [3.05, 3.63) is 68.5 Å². The smallest absolute Gasteiger partial charge is 0.225 e. The van der Waals surface area contributed by atoms with Crippen LogP contribution in [0.15, 0.2) is 48.5 Å². The summed E-state index contributed by atoms with van der Waals surface area (Å²) in [5, 5.41) is 1.92. The topological polar surface area (TPSA) is 20.3 Å². The van der Waals surface area contributed by atoms with E-state index in [1.807, 2.05) is 48.3 Å². The zero-order valence-electron chi connectivity index (χ0n) is 18.0. The van der Waals surface area contributed by atoms with Gasteiger partial charge >= 0.3 is 0 Å². The molecule has 0 N–H and O–H groups in total. The molecular formula is C26H26Cl3NOS. The van der Waals surface area contributed by atoms with Gasteiger partial charge in [0.25, 0.3) is 0 Å². The van der Waals surface area contributed by atoms with Crippen LogP contribution in [-0.2, 0) is 11.3 Å². The molecule has 2 nitrogen and oxygen atoms in total. The third-order valence-electron chi connectivity index (χ3n) is 6.08. The molecule has 1 aliphatic carbocycles. The maximum Gasteiger partial charge on any atom is 0.225 e. The normalized spacial score (nSPS) is 14.9. The van der Waals surface area contributed by atoms with Crippen LogP contribution >= 0.6 is 46.1 Å². The van der Waals surface area contributed by atoms with E-state index in [-0.39, 0.29) is 11.8 Å². The Bertz CT molecular complexity index is 1080. The molecule has 4 rings (SSSR count). The van der Waals surface area contributed by atoms with Crippen molar-refractivity contribution < 1.29 is 4.79 Å². The second-order valence-electron chi connectivity index (χ2n) is 8.47. The average molecular weight is 507 g/mol. The van der Waals surface area contributed by atoms with Crippen LogP contribution < -0.4 is 0 Å². The Balaban J connectivity index is 1.65. The predicted molar refractivity (Wildman–Crippen MR) is 138 cm³/mol. The van der Waals surface area contributed by atoms with E-state index >= 15 is 0 Å². The van der Waals surface area contributed by atoms with Gasteiger partial charge in [-0.3, -0.25) is 4.79 Å². The van der Waals surface area contributed by atoms with E-state index in [1.165, 1.54) is 12.8 Å². The number of benzene rings is 2. The Labute approximate surface area is 209 Å². The highest BCUT2D eigenvalue weighted by molar-refractivity contribution is 7.16. The van der Waals surface area contributed by atoms with E-state index in [9.17, 15) is 4.79 Å². The van der Waals surface area contributed by atoms with Crippen molar-refractivity contribution in [2.45, 2.75) is 45.1 Å². The molecule has 1 amide bonds. The summed E-state index contributed by atoms with van der Waals surface area (Å²) >= 11 is 20.5. The molecule has 1 saturated carbocycles. The third kappa shape index (κ3) is 5.51. The zero-order valence-corrected chi connectivity index (χ0v) is 21.1. The highest BCUT2D eigenvalue weighted by Gasteiger charge is 2.24. The van der Waals surface area contributed by atoms with Gasteiger partial charge in [0.15, 0.2) is 0 Å². The average Bonchev–Trinajstić information content (AvgIpc) is 2.99. The molecule has 32 heavy (non-hydrogen) atoms. The molecule has 0 saturated heterocycles. The number of nitrogens with zero attached hydrogens (tertiary/aromatic N) is 1. The van der Waals surface area contributed by atoms with E-state index in [1.54, 1.807) is 17.4 Å². The van der Waals surface area contributed by atoms with Crippen LogP contribution in [0, 0.1) is 5.92 Å². The summed E-state index contributed by atoms with van der Waals surface area (Å²) in [7, 11) is 1.92. The van der Waals surface area contributed by atoms with E-state index < -0.39 is 0 Å². The Morgan fingerprint density at radius 1 is 0.906 bits per heavy atom. The SMILES string of the molecule is CN(Cc1cc(-c2ccc(Cl)cc2Cl)c(-c2ccc(Cl)cc2)s1)C(=O)C1CCCCCC1. The van der Waals surface area contributed by atoms with Crippen LogP contribution in [-0.4, -0.2) is 17.9 Å². The monoisotopic (exact) mass is 505 g/mol. The molecule has 3 aromatic rings. The van der Waals surface area contributed by atoms with Crippen molar-refractivity contribution in [3.63, 3.8) is 0 Å². The quantitative estimate of drug-likeness (QED) is 0.316. The van der Waals surface area contributed by atoms with E-state index in [0.29, 0.717) is 21.6 Å². The molecule has 1 aromatic heterocycles. The second-order valence-corrected chi connectivity index (χ2v) is 10.9. The summed E-state index contributed by atoms with van der Waals surface area (Å²) in [6.07, 6.45) is 6.82. The fraction of sp³-hybridized carbons (Fsp3) is 0.346. The Hall–Kier alpha value is -1.52. The first kappa shape index (κ1) is 23.6. The van der Waals surface area contributed by atoms with Crippen LogP contribution in [0.3, 0.4) is 0 Å². The fourth-order valence-corrected chi connectivity index (χ4v) is 6.26. The van der Waals surface area contributed by atoms with Crippen molar-refractivity contribution >= 4 is 52.0 Å². The van der Waals surface area contributed by atoms with Crippen LogP contribution in [0.4, 0.5) is 0 Å². The van der Waals surface area contributed by atoms with Gasteiger partial charge < -0.3 is 4.90 Å². The molecular weight excluding hydrogens is 481 g/mol. The molecule has 1 fully saturated rings. The molecule has 1 aliphatic rings. The van der Waals surface area contributed by atoms with Gasteiger partial charge in [0.1, 0.15) is 0 Å². The predicted octanol–water partition coefficient (Wildman–Crippen LogP) is 8.97. The summed E-state index contributed by atoms with van der Waals surface area (Å²) in [6, 6.07) is 15.6. The highest BCUT2D eigenvalue weighted by Crippen LogP contribution is 2.43. The fourth-order valence-electron chi connectivity index (χ4n) is 4.39. The molecule has 0 bridgehead atoms. The first-order valence-corrected chi connectivity index (χ1v) is 13.0. The number of hydrogen-bond acceptors (Lipinski definition) is 2. The lowest BCUT2D eigenvalue weighted by Gasteiger charge is -2.22. The van der Waals surface area contributed by atoms with Gasteiger partial charge in [0.05, 0.1) is 6.54 Å². The number of hydrogen-bond donors (Lipinski definition) is 0. The lowest BCUT2D eigenvalue weighted by atomic mass is 9.99. The van der Waals surface area contributed by atoms with Crippen molar-refractivity contribution in [1.29, 1.82) is 0 Å². The minimum absolute atomic E-state index is 0.156. The highest BCUT2D eigenvalue weighted by atomic mass is 35.5. The molecule has 0 unspecified atom stereocenters. The van der Waals surface area contributed by atoms with Gasteiger partial charge in [-0.1, -0.05) is 78.7 Å². The Kier molecular flexibility index (Phi) is 7.83. The third-order valence-corrected chi connectivity index (χ3v) is 8.05. The molecule has 168 valence electrons. The first-order chi connectivity index (χ1) is 15.4. The largest absolute Gasteiger partial charge is 0.340 e. The molecule has 0 radical (unpaired) electrons. The molecule has 0 spiro atoms. The van der Waals surface area contributed by atoms with E-state index in [4.69, 9.17) is 34.8 Å². The summed E-state index contributed by atoms with van der Waals surface area (Å²) in [5.74, 6) is 0.419. The van der Waals surface area contributed by atoms with Crippen LogP contribution in [0.25, 0.3) is 21.6 Å². The molecule has 2 aromatic carbocycles. The summed E-state index contributed by atoms with van der Waals surface area (Å²) in [4.78, 5) is 17.2. The van der Waals surface area contributed by atoms with E-state index in [2.05, 4.69) is 6.07 Å². The van der Waals surface area contributed by atoms with Gasteiger partial charge in [0, 0.05) is 48.9 Å². The van der Waals surface area contributed by atoms with Gasteiger partial charge in [-0.05, 0) is 48.7 Å². The number of carbonyl (C=O) groups excluding carboxylic acids is 1. The lowest BCUT2D eigenvalue weighted by molar-refractivity contribution is -0.135. The Morgan fingerprint density at radius 2 is 1.56 bits per heavy atom. The van der Waals surface area contributed by atoms with E-state index in [0.717, 1.165) is 52.1 Å². The molecule has 6 heteroatoms. The molecule has 1 heterocycles. The number of rotatable bonds is 5. The van der Waals surface area contributed by atoms with Gasteiger partial charge in [-0.25, -0.2) is 0 Å². The van der Waals surface area contributed by atoms with Crippen molar-refractivity contribution in [2.24, 2.45) is 5.92 Å². The van der Waals surface area contributed by atoms with Gasteiger partial charge in [-0.2, -0.15) is 0 Å². The molecule has 0 aliphatic heterocycles. The maximum absolute atomic E-state index is 13.1. The lowest BCUT2D eigenvalue weighted by Crippen LogP contribution is -2.32. The zero-order chi connectivity index (χ0) is 22.7. The van der Waals surface area contributed by atoms with Crippen LogP contribution in [0.5, 0.6) is 0 Å². The van der Waals surface area contributed by atoms with Crippen molar-refractivity contribution in [3.8, 4) is 21.6 Å². The number of carbonyl (C=O) groups is 1. The van der Waals surface area contributed by atoms with Crippen molar-refractivity contribution in [1.82, 2.24) is 4.90 Å². The molecule has 0 atom stereocenters. The number of thiophene rings is 1. The first-order valence-electron chi connectivity index (χ1n) is 11.0. The maximum atomic E-state index is 13.1. The van der Waals surface area contributed by atoms with Crippen LogP contribution in [0.1, 0.15) is 43.4 Å².